The average Bonchev–Trinajstić information content (AvgIpc) is 2.67. The van der Waals surface area contributed by atoms with Gasteiger partial charge in [-0.25, -0.2) is 9.37 Å². The number of benzene rings is 2. The Bertz CT molecular complexity index is 1050. The molecule has 0 atom stereocenters. The third-order valence-electron chi connectivity index (χ3n) is 4.11. The minimum absolute atomic E-state index is 0.217. The second-order valence-corrected chi connectivity index (χ2v) is 6.21. The van der Waals surface area contributed by atoms with E-state index in [2.05, 4.69) is 10.3 Å². The number of halogens is 1. The van der Waals surface area contributed by atoms with Crippen molar-refractivity contribution >= 4 is 11.6 Å². The monoisotopic (exact) mass is 381 g/mol. The van der Waals surface area contributed by atoms with E-state index < -0.39 is 11.7 Å². The standard InChI is InChI=1S/C21H20FN3O3/c1-3-28-17-8-5-15(6-9-17)19-11-21(27)25(13-23-19)12-20(26)24-16-7-4-14(2)18(22)10-16/h4-11,13H,3,12H2,1-2H3,(H,24,26). The molecule has 6 nitrogen and oxygen atoms in total. The molecular formula is C21H20FN3O3. The fourth-order valence-corrected chi connectivity index (χ4v) is 2.62. The Morgan fingerprint density at radius 3 is 2.57 bits per heavy atom. The third-order valence-corrected chi connectivity index (χ3v) is 4.11. The molecule has 144 valence electrons. The molecule has 0 radical (unpaired) electrons. The van der Waals surface area contributed by atoms with Crippen LogP contribution >= 0.6 is 0 Å². The maximum atomic E-state index is 13.6. The Kier molecular flexibility index (Phi) is 5.84. The van der Waals surface area contributed by atoms with Crippen LogP contribution < -0.4 is 15.6 Å². The molecule has 0 spiro atoms. The summed E-state index contributed by atoms with van der Waals surface area (Å²) in [5, 5.41) is 2.57. The third kappa shape index (κ3) is 4.62. The Hall–Kier alpha value is -3.48. The number of anilines is 1. The molecular weight excluding hydrogens is 361 g/mol. The number of ether oxygens (including phenoxy) is 1. The quantitative estimate of drug-likeness (QED) is 0.710. The first-order valence-corrected chi connectivity index (χ1v) is 8.82. The number of nitrogens with one attached hydrogen (secondary N) is 1. The summed E-state index contributed by atoms with van der Waals surface area (Å²) in [7, 11) is 0. The Labute approximate surface area is 161 Å². The normalized spacial score (nSPS) is 10.5. The summed E-state index contributed by atoms with van der Waals surface area (Å²) in [6.07, 6.45) is 1.32. The highest BCUT2D eigenvalue weighted by Crippen LogP contribution is 2.19. The Morgan fingerprint density at radius 1 is 1.18 bits per heavy atom. The second kappa shape index (κ2) is 8.47. The van der Waals surface area contributed by atoms with E-state index in [1.807, 2.05) is 19.1 Å². The first-order chi connectivity index (χ1) is 13.5. The molecule has 0 saturated carbocycles. The van der Waals surface area contributed by atoms with Gasteiger partial charge in [0.25, 0.3) is 5.56 Å². The highest BCUT2D eigenvalue weighted by Gasteiger charge is 2.09. The number of aromatic nitrogens is 2. The predicted molar refractivity (Wildman–Crippen MR) is 105 cm³/mol. The van der Waals surface area contributed by atoms with Gasteiger partial charge in [0.1, 0.15) is 18.1 Å². The number of hydrogen-bond donors (Lipinski definition) is 1. The minimum Gasteiger partial charge on any atom is -0.494 e. The molecule has 0 aliphatic rings. The maximum Gasteiger partial charge on any atom is 0.254 e. The number of rotatable bonds is 6. The average molecular weight is 381 g/mol. The van der Waals surface area contributed by atoms with Gasteiger partial charge in [0.05, 0.1) is 18.6 Å². The van der Waals surface area contributed by atoms with E-state index >= 15 is 0 Å². The van der Waals surface area contributed by atoms with Crippen LogP contribution in [-0.4, -0.2) is 22.1 Å². The van der Waals surface area contributed by atoms with Crippen LogP contribution in [0.4, 0.5) is 10.1 Å². The number of carbonyl (C=O) groups excluding carboxylic acids is 1. The minimum atomic E-state index is -0.444. The summed E-state index contributed by atoms with van der Waals surface area (Å²) in [5.41, 5.74) is 1.74. The summed E-state index contributed by atoms with van der Waals surface area (Å²) < 4.78 is 20.2. The van der Waals surface area contributed by atoms with Crippen LogP contribution in [0.25, 0.3) is 11.3 Å². The number of nitrogens with zero attached hydrogens (tertiary/aromatic N) is 2. The van der Waals surface area contributed by atoms with E-state index in [1.165, 1.54) is 23.0 Å². The van der Waals surface area contributed by atoms with E-state index in [-0.39, 0.29) is 12.1 Å². The van der Waals surface area contributed by atoms with Crippen LogP contribution in [-0.2, 0) is 11.3 Å². The first kappa shape index (κ1) is 19.3. The van der Waals surface area contributed by atoms with Gasteiger partial charge < -0.3 is 10.1 Å². The van der Waals surface area contributed by atoms with Crippen molar-refractivity contribution in [3.63, 3.8) is 0 Å². The fourth-order valence-electron chi connectivity index (χ4n) is 2.62. The van der Waals surface area contributed by atoms with Crippen molar-refractivity contribution in [2.45, 2.75) is 20.4 Å². The molecule has 1 heterocycles. The molecule has 0 unspecified atom stereocenters. The van der Waals surface area contributed by atoms with Crippen molar-refractivity contribution < 1.29 is 13.9 Å². The fraction of sp³-hybridized carbons (Fsp3) is 0.190. The lowest BCUT2D eigenvalue weighted by Gasteiger charge is -2.09. The zero-order chi connectivity index (χ0) is 20.1. The van der Waals surface area contributed by atoms with Crippen molar-refractivity contribution in [1.29, 1.82) is 0 Å². The zero-order valence-electron chi connectivity index (χ0n) is 15.6. The van der Waals surface area contributed by atoms with Gasteiger partial charge in [-0.15, -0.1) is 0 Å². The number of amides is 1. The molecule has 0 bridgehead atoms. The topological polar surface area (TPSA) is 73.2 Å². The van der Waals surface area contributed by atoms with E-state index in [0.29, 0.717) is 23.6 Å². The van der Waals surface area contributed by atoms with Crippen molar-refractivity contribution in [3.8, 4) is 17.0 Å². The van der Waals surface area contributed by atoms with Crippen molar-refractivity contribution in [1.82, 2.24) is 9.55 Å². The van der Waals surface area contributed by atoms with Gasteiger partial charge in [-0.1, -0.05) is 6.07 Å². The molecule has 1 amide bonds. The Morgan fingerprint density at radius 2 is 1.93 bits per heavy atom. The highest BCUT2D eigenvalue weighted by molar-refractivity contribution is 5.90. The SMILES string of the molecule is CCOc1ccc(-c2cc(=O)n(CC(=O)Nc3ccc(C)c(F)c3)cn2)cc1. The lowest BCUT2D eigenvalue weighted by atomic mass is 10.1. The molecule has 7 heteroatoms. The molecule has 3 rings (SSSR count). The highest BCUT2D eigenvalue weighted by atomic mass is 19.1. The van der Waals surface area contributed by atoms with Crippen LogP contribution in [0.15, 0.2) is 59.7 Å². The van der Waals surface area contributed by atoms with Crippen molar-refractivity contribution in [2.24, 2.45) is 0 Å². The smallest absolute Gasteiger partial charge is 0.254 e. The van der Waals surface area contributed by atoms with Gasteiger partial charge >= 0.3 is 0 Å². The van der Waals surface area contributed by atoms with Crippen LogP contribution in [0.5, 0.6) is 5.75 Å². The predicted octanol–water partition coefficient (Wildman–Crippen LogP) is 3.40. The summed E-state index contributed by atoms with van der Waals surface area (Å²) in [4.78, 5) is 28.7. The molecule has 1 aromatic heterocycles. The summed E-state index contributed by atoms with van der Waals surface area (Å²) >= 11 is 0. The molecule has 2 aromatic carbocycles. The van der Waals surface area contributed by atoms with Crippen LogP contribution in [0.1, 0.15) is 12.5 Å². The van der Waals surface area contributed by atoms with Crippen LogP contribution in [0.3, 0.4) is 0 Å². The van der Waals surface area contributed by atoms with Gasteiger partial charge in [-0.05, 0) is 55.8 Å². The van der Waals surface area contributed by atoms with E-state index in [1.54, 1.807) is 31.2 Å². The molecule has 0 aliphatic heterocycles. The molecule has 0 fully saturated rings. The van der Waals surface area contributed by atoms with Crippen LogP contribution in [0.2, 0.25) is 0 Å². The van der Waals surface area contributed by atoms with Gasteiger partial charge in [0, 0.05) is 17.3 Å². The van der Waals surface area contributed by atoms with Gasteiger partial charge in [-0.3, -0.25) is 14.2 Å². The first-order valence-electron chi connectivity index (χ1n) is 8.82. The van der Waals surface area contributed by atoms with Crippen LogP contribution in [0, 0.1) is 12.7 Å². The van der Waals surface area contributed by atoms with E-state index in [4.69, 9.17) is 4.74 Å². The molecule has 0 saturated heterocycles. The van der Waals surface area contributed by atoms with Gasteiger partial charge in [0.2, 0.25) is 5.91 Å². The number of hydrogen-bond acceptors (Lipinski definition) is 4. The molecule has 1 N–H and O–H groups in total. The van der Waals surface area contributed by atoms with E-state index in [9.17, 15) is 14.0 Å². The van der Waals surface area contributed by atoms with Gasteiger partial charge in [0.15, 0.2) is 0 Å². The number of carbonyl (C=O) groups is 1. The Balaban J connectivity index is 1.70. The van der Waals surface area contributed by atoms with Gasteiger partial charge in [-0.2, -0.15) is 0 Å². The molecule has 0 aliphatic carbocycles. The second-order valence-electron chi connectivity index (χ2n) is 6.21. The van der Waals surface area contributed by atoms with Crippen molar-refractivity contribution in [2.75, 3.05) is 11.9 Å². The zero-order valence-corrected chi connectivity index (χ0v) is 15.6. The lowest BCUT2D eigenvalue weighted by Crippen LogP contribution is -2.27. The summed E-state index contributed by atoms with van der Waals surface area (Å²) in [6.45, 7) is 3.90. The van der Waals surface area contributed by atoms with Crippen molar-refractivity contribution in [3.05, 3.63) is 76.6 Å². The largest absolute Gasteiger partial charge is 0.494 e. The number of aryl methyl sites for hydroxylation is 1. The lowest BCUT2D eigenvalue weighted by molar-refractivity contribution is -0.116. The van der Waals surface area contributed by atoms with E-state index in [0.717, 1.165) is 11.3 Å². The summed E-state index contributed by atoms with van der Waals surface area (Å²) in [6, 6.07) is 13.0. The summed E-state index contributed by atoms with van der Waals surface area (Å²) in [5.74, 6) is -0.110. The maximum absolute atomic E-state index is 13.6. The molecule has 3 aromatic rings. The molecule has 28 heavy (non-hydrogen) atoms.